The Kier molecular flexibility index (Phi) is 5.95. The Morgan fingerprint density at radius 3 is 2.40 bits per heavy atom. The number of nitrogens with zero attached hydrogens (tertiary/aromatic N) is 3. The fraction of sp³-hybridized carbons (Fsp3) is 0.333. The fourth-order valence-electron chi connectivity index (χ4n) is 3.77. The van der Waals surface area contributed by atoms with Crippen LogP contribution in [0.3, 0.4) is 0 Å². The Balaban J connectivity index is 1.57. The first kappa shape index (κ1) is 24.4. The van der Waals surface area contributed by atoms with Gasteiger partial charge in [0.15, 0.2) is 0 Å². The number of benzene rings is 1. The van der Waals surface area contributed by atoms with Gasteiger partial charge in [-0.2, -0.15) is 13.2 Å². The average Bonchev–Trinajstić information content (AvgIpc) is 3.56. The van der Waals surface area contributed by atoms with Crippen LogP contribution in [0.25, 0.3) is 0 Å². The van der Waals surface area contributed by atoms with Crippen LogP contribution in [0.5, 0.6) is 0 Å². The van der Waals surface area contributed by atoms with E-state index < -0.39 is 43.8 Å². The molecule has 35 heavy (non-hydrogen) atoms. The molecule has 2 aliphatic rings. The maximum atomic E-state index is 13.2. The summed E-state index contributed by atoms with van der Waals surface area (Å²) in [5, 5.41) is 2.44. The molecule has 0 unspecified atom stereocenters. The van der Waals surface area contributed by atoms with Crippen LogP contribution in [0.4, 0.5) is 34.3 Å². The summed E-state index contributed by atoms with van der Waals surface area (Å²) in [7, 11) is -5.57. The van der Waals surface area contributed by atoms with Gasteiger partial charge >= 0.3 is 17.6 Å². The third-order valence-electron chi connectivity index (χ3n) is 5.64. The van der Waals surface area contributed by atoms with E-state index in [0.717, 1.165) is 17.0 Å². The van der Waals surface area contributed by atoms with Crippen LogP contribution in [0.15, 0.2) is 47.5 Å². The number of pyridine rings is 1. The van der Waals surface area contributed by atoms with Crippen molar-refractivity contribution < 1.29 is 40.7 Å². The lowest BCUT2D eigenvalue weighted by molar-refractivity contribution is -0.120. The first-order valence-corrected chi connectivity index (χ1v) is 11.9. The topological polar surface area (TPSA) is 126 Å². The summed E-state index contributed by atoms with van der Waals surface area (Å²) in [5.41, 5.74) is -6.05. The number of rotatable bonds is 6. The summed E-state index contributed by atoms with van der Waals surface area (Å²) in [6.45, 7) is 1.81. The van der Waals surface area contributed by atoms with Crippen molar-refractivity contribution in [3.63, 3.8) is 0 Å². The van der Waals surface area contributed by atoms with E-state index in [0.29, 0.717) is 30.5 Å². The lowest BCUT2D eigenvalue weighted by Crippen LogP contribution is -2.36. The smallest absolute Gasteiger partial charge is 0.450 e. The zero-order valence-electron chi connectivity index (χ0n) is 18.2. The second-order valence-corrected chi connectivity index (χ2v) is 9.82. The number of ether oxygens (including phenoxy) is 1. The van der Waals surface area contributed by atoms with Gasteiger partial charge in [-0.1, -0.05) is 0 Å². The minimum atomic E-state index is -5.57. The van der Waals surface area contributed by atoms with Crippen molar-refractivity contribution in [3.8, 4) is 0 Å². The Hall–Kier alpha value is -3.68. The molecule has 2 heterocycles. The highest BCUT2D eigenvalue weighted by Gasteiger charge is 2.65. The predicted octanol–water partition coefficient (Wildman–Crippen LogP) is 3.44. The van der Waals surface area contributed by atoms with Crippen LogP contribution in [0, 0.1) is 0 Å². The van der Waals surface area contributed by atoms with E-state index in [1.807, 2.05) is 0 Å². The van der Waals surface area contributed by atoms with Gasteiger partial charge in [0.1, 0.15) is 11.4 Å². The number of alkyl halides is 3. The number of hydrogen-bond donors (Lipinski definition) is 1. The van der Waals surface area contributed by atoms with Crippen molar-refractivity contribution in [1.82, 2.24) is 9.88 Å². The van der Waals surface area contributed by atoms with Gasteiger partial charge in [0.25, 0.3) is 15.7 Å². The molecule has 4 rings (SSSR count). The minimum absolute atomic E-state index is 0.00162. The van der Waals surface area contributed by atoms with Crippen molar-refractivity contribution in [2.45, 2.75) is 42.3 Å². The van der Waals surface area contributed by atoms with Crippen LogP contribution in [0.1, 0.15) is 25.3 Å². The number of imide groups is 1. The average molecular weight is 512 g/mol. The molecule has 1 aliphatic heterocycles. The van der Waals surface area contributed by atoms with Gasteiger partial charge in [0, 0.05) is 12.7 Å². The number of halogens is 3. The molecule has 4 amide bonds. The lowest BCUT2D eigenvalue weighted by atomic mass is 10.2. The van der Waals surface area contributed by atoms with Crippen molar-refractivity contribution in [2.24, 2.45) is 0 Å². The highest BCUT2D eigenvalue weighted by atomic mass is 32.2. The van der Waals surface area contributed by atoms with E-state index in [1.165, 1.54) is 17.2 Å². The standard InChI is InChI=1S/C21H19F3N4O6S/c1-2-34-18(30)26-16-11-13(7-10-25-16)12-27-19(31)28(17(29)20(27)8-9-20)14-3-5-15(6-4-14)35(32,33)21(22,23)24/h3-7,10-11H,2,8-9,12H2,1H3,(H,25,26,30). The second kappa shape index (κ2) is 8.52. The molecule has 10 nitrogen and oxygen atoms in total. The number of sulfone groups is 1. The molecule has 2 aromatic rings. The molecule has 1 N–H and O–H groups in total. The first-order valence-electron chi connectivity index (χ1n) is 10.4. The second-order valence-electron chi connectivity index (χ2n) is 7.88. The van der Waals surface area contributed by atoms with Crippen molar-refractivity contribution in [1.29, 1.82) is 0 Å². The van der Waals surface area contributed by atoms with Crippen LogP contribution in [-0.2, 0) is 25.9 Å². The molecule has 0 bridgehead atoms. The van der Waals surface area contributed by atoms with Gasteiger partial charge in [-0.25, -0.2) is 27.9 Å². The first-order chi connectivity index (χ1) is 16.4. The molecular weight excluding hydrogens is 493 g/mol. The maximum Gasteiger partial charge on any atom is 0.501 e. The summed E-state index contributed by atoms with van der Waals surface area (Å²) >= 11 is 0. The van der Waals surface area contributed by atoms with Gasteiger partial charge in [0.05, 0.1) is 17.2 Å². The molecule has 14 heteroatoms. The monoisotopic (exact) mass is 512 g/mol. The number of urea groups is 1. The zero-order chi connectivity index (χ0) is 25.6. The minimum Gasteiger partial charge on any atom is -0.450 e. The van der Waals surface area contributed by atoms with Crippen LogP contribution in [0.2, 0.25) is 0 Å². The number of amides is 4. The van der Waals surface area contributed by atoms with Gasteiger partial charge in [-0.05, 0) is 61.7 Å². The van der Waals surface area contributed by atoms with E-state index >= 15 is 0 Å². The maximum absolute atomic E-state index is 13.2. The number of hydrogen-bond acceptors (Lipinski definition) is 7. The summed E-state index contributed by atoms with van der Waals surface area (Å²) < 4.78 is 66.4. The van der Waals surface area contributed by atoms with E-state index in [1.54, 1.807) is 13.0 Å². The normalized spacial score (nSPS) is 17.1. The Morgan fingerprint density at radius 2 is 1.83 bits per heavy atom. The molecule has 186 valence electrons. The SMILES string of the molecule is CCOC(=O)Nc1cc(CN2C(=O)N(c3ccc(S(=O)(=O)C(F)(F)F)cc3)C(=O)C23CC3)ccn1. The molecule has 1 aromatic heterocycles. The molecule has 1 spiro atoms. The quantitative estimate of drug-likeness (QED) is 0.588. The number of carbonyl (C=O) groups excluding carboxylic acids is 3. The Morgan fingerprint density at radius 1 is 1.17 bits per heavy atom. The summed E-state index contributed by atoms with van der Waals surface area (Å²) in [6, 6.07) is 5.81. The predicted molar refractivity (Wildman–Crippen MR) is 115 cm³/mol. The molecule has 1 saturated heterocycles. The van der Waals surface area contributed by atoms with Crippen LogP contribution in [-0.4, -0.2) is 54.0 Å². The van der Waals surface area contributed by atoms with Crippen LogP contribution >= 0.6 is 0 Å². The highest BCUT2D eigenvalue weighted by Crippen LogP contribution is 2.49. The number of aromatic nitrogens is 1. The summed E-state index contributed by atoms with van der Waals surface area (Å²) in [5.74, 6) is -0.366. The Labute approximate surface area is 197 Å². The van der Waals surface area contributed by atoms with Gasteiger partial charge in [-0.3, -0.25) is 10.1 Å². The van der Waals surface area contributed by atoms with Gasteiger partial charge in [-0.15, -0.1) is 0 Å². The van der Waals surface area contributed by atoms with Crippen molar-refractivity contribution >= 4 is 39.4 Å². The molecule has 1 aliphatic carbocycles. The molecule has 1 saturated carbocycles. The summed E-state index contributed by atoms with van der Waals surface area (Å²) in [4.78, 5) is 43.1. The largest absolute Gasteiger partial charge is 0.501 e. The fourth-order valence-corrected chi connectivity index (χ4v) is 4.53. The third kappa shape index (κ3) is 4.29. The Bertz CT molecular complexity index is 1290. The molecule has 0 radical (unpaired) electrons. The van der Waals surface area contributed by atoms with Gasteiger partial charge < -0.3 is 9.64 Å². The van der Waals surface area contributed by atoms with Crippen LogP contribution < -0.4 is 10.2 Å². The van der Waals surface area contributed by atoms with Crippen molar-refractivity contribution in [2.75, 3.05) is 16.8 Å². The van der Waals surface area contributed by atoms with E-state index in [4.69, 9.17) is 4.74 Å². The van der Waals surface area contributed by atoms with Gasteiger partial charge in [0.2, 0.25) is 0 Å². The number of anilines is 2. The van der Waals surface area contributed by atoms with E-state index in [-0.39, 0.29) is 24.7 Å². The molecule has 2 fully saturated rings. The number of nitrogens with one attached hydrogen (secondary N) is 1. The molecule has 0 atom stereocenters. The molecule has 1 aromatic carbocycles. The zero-order valence-corrected chi connectivity index (χ0v) is 19.0. The molecular formula is C21H19F3N4O6S. The highest BCUT2D eigenvalue weighted by molar-refractivity contribution is 7.92. The van der Waals surface area contributed by atoms with E-state index in [9.17, 15) is 36.0 Å². The third-order valence-corrected chi connectivity index (χ3v) is 7.15. The van der Waals surface area contributed by atoms with E-state index in [2.05, 4.69) is 10.3 Å². The lowest BCUT2D eigenvalue weighted by Gasteiger charge is -2.21. The van der Waals surface area contributed by atoms with Crippen molar-refractivity contribution in [3.05, 3.63) is 48.2 Å². The number of carbonyl (C=O) groups is 3. The summed E-state index contributed by atoms with van der Waals surface area (Å²) in [6.07, 6.45) is 1.50.